The summed E-state index contributed by atoms with van der Waals surface area (Å²) < 4.78 is 7.79. The fourth-order valence-electron chi connectivity index (χ4n) is 3.00. The maximum atomic E-state index is 12.1. The van der Waals surface area contributed by atoms with Gasteiger partial charge in [0, 0.05) is 23.6 Å². The Hall–Kier alpha value is -3.98. The smallest absolute Gasteiger partial charge is 0.262 e. The first-order chi connectivity index (χ1) is 15.6. The number of carbonyl (C=O) groups excluding carboxylic acids is 1. The van der Waals surface area contributed by atoms with Crippen molar-refractivity contribution in [2.75, 3.05) is 17.3 Å². The lowest BCUT2D eigenvalue weighted by Gasteiger charge is -2.11. The summed E-state index contributed by atoms with van der Waals surface area (Å²) in [5, 5.41) is 9.90. The lowest BCUT2D eigenvalue weighted by atomic mass is 10.2. The number of benzene rings is 2. The van der Waals surface area contributed by atoms with Crippen molar-refractivity contribution >= 4 is 23.8 Å². The standard InChI is InChI=1S/C23H22N6O2S/c1-16-2-6-19(7-3-16)26-21(30)15-31-20-8-4-17(5-9-20)14-25-29-22(27-28-23(29)32)18-10-12-24-13-11-18/h2-13,25H,14-15H2,1H3,(H,26,30)(H,28,32). The van der Waals surface area contributed by atoms with Gasteiger partial charge in [-0.2, -0.15) is 5.10 Å². The number of aryl methyl sites for hydroxylation is 1. The molecule has 2 heterocycles. The molecule has 4 aromatic rings. The number of aromatic amines is 1. The molecule has 0 radical (unpaired) electrons. The molecule has 0 atom stereocenters. The number of hydrogen-bond donors (Lipinski definition) is 3. The molecule has 0 bridgehead atoms. The Bertz CT molecular complexity index is 1230. The minimum Gasteiger partial charge on any atom is -0.484 e. The normalized spacial score (nSPS) is 10.5. The predicted molar refractivity (Wildman–Crippen MR) is 125 cm³/mol. The second-order valence-corrected chi connectivity index (χ2v) is 7.49. The first-order valence-electron chi connectivity index (χ1n) is 9.98. The Kier molecular flexibility index (Phi) is 6.57. The van der Waals surface area contributed by atoms with E-state index >= 15 is 0 Å². The Morgan fingerprint density at radius 1 is 1.06 bits per heavy atom. The van der Waals surface area contributed by atoms with Crippen molar-refractivity contribution in [3.63, 3.8) is 0 Å². The highest BCUT2D eigenvalue weighted by atomic mass is 32.1. The van der Waals surface area contributed by atoms with Crippen molar-refractivity contribution in [2.45, 2.75) is 13.5 Å². The number of ether oxygens (including phenoxy) is 1. The minimum absolute atomic E-state index is 0.0645. The largest absolute Gasteiger partial charge is 0.484 e. The lowest BCUT2D eigenvalue weighted by molar-refractivity contribution is -0.118. The van der Waals surface area contributed by atoms with Gasteiger partial charge in [-0.3, -0.25) is 9.78 Å². The fourth-order valence-corrected chi connectivity index (χ4v) is 3.19. The zero-order valence-electron chi connectivity index (χ0n) is 17.4. The summed E-state index contributed by atoms with van der Waals surface area (Å²) in [5.41, 5.74) is 7.07. The van der Waals surface area contributed by atoms with E-state index in [1.54, 1.807) is 17.1 Å². The number of H-pyrrole nitrogens is 1. The molecule has 0 aliphatic carbocycles. The van der Waals surface area contributed by atoms with Crippen LogP contribution in [0.15, 0.2) is 73.1 Å². The summed E-state index contributed by atoms with van der Waals surface area (Å²) in [4.78, 5) is 16.1. The van der Waals surface area contributed by atoms with Crippen LogP contribution >= 0.6 is 12.2 Å². The van der Waals surface area contributed by atoms with Crippen molar-refractivity contribution in [1.82, 2.24) is 19.9 Å². The Morgan fingerprint density at radius 3 is 2.50 bits per heavy atom. The van der Waals surface area contributed by atoms with Crippen molar-refractivity contribution in [3.05, 3.63) is 89.0 Å². The molecule has 0 unspecified atom stereocenters. The molecule has 0 aliphatic rings. The van der Waals surface area contributed by atoms with Gasteiger partial charge in [0.15, 0.2) is 12.4 Å². The van der Waals surface area contributed by atoms with Crippen LogP contribution in [0.25, 0.3) is 11.4 Å². The van der Waals surface area contributed by atoms with E-state index in [0.29, 0.717) is 22.9 Å². The van der Waals surface area contributed by atoms with E-state index in [0.717, 1.165) is 22.4 Å². The average molecular weight is 447 g/mol. The summed E-state index contributed by atoms with van der Waals surface area (Å²) in [7, 11) is 0. The van der Waals surface area contributed by atoms with E-state index in [1.165, 1.54) is 0 Å². The number of aromatic nitrogens is 4. The second-order valence-electron chi connectivity index (χ2n) is 7.11. The molecule has 0 spiro atoms. The van der Waals surface area contributed by atoms with Gasteiger partial charge in [0.25, 0.3) is 5.91 Å². The first-order valence-corrected chi connectivity index (χ1v) is 10.4. The number of hydrogen-bond acceptors (Lipinski definition) is 6. The molecule has 0 aliphatic heterocycles. The van der Waals surface area contributed by atoms with Gasteiger partial charge in [0.1, 0.15) is 5.75 Å². The van der Waals surface area contributed by atoms with Crippen molar-refractivity contribution in [2.24, 2.45) is 0 Å². The van der Waals surface area contributed by atoms with Gasteiger partial charge < -0.3 is 15.5 Å². The molecular formula is C23H22N6O2S. The monoisotopic (exact) mass is 446 g/mol. The van der Waals surface area contributed by atoms with E-state index in [-0.39, 0.29) is 12.5 Å². The number of carbonyl (C=O) groups is 1. The number of amides is 1. The highest BCUT2D eigenvalue weighted by Crippen LogP contribution is 2.16. The molecule has 4 rings (SSSR count). The molecule has 9 heteroatoms. The number of rotatable bonds is 8. The Labute approximate surface area is 190 Å². The zero-order valence-corrected chi connectivity index (χ0v) is 18.2. The van der Waals surface area contributed by atoms with E-state index in [1.807, 2.05) is 67.6 Å². The van der Waals surface area contributed by atoms with Crippen LogP contribution in [-0.4, -0.2) is 32.4 Å². The molecule has 32 heavy (non-hydrogen) atoms. The van der Waals surface area contributed by atoms with Crippen LogP contribution in [0.4, 0.5) is 5.69 Å². The SMILES string of the molecule is Cc1ccc(NC(=O)COc2ccc(CNn3c(-c4ccncc4)n[nH]c3=S)cc2)cc1. The van der Waals surface area contributed by atoms with Crippen LogP contribution in [0.2, 0.25) is 0 Å². The molecule has 2 aromatic heterocycles. The third-order valence-corrected chi connectivity index (χ3v) is 4.95. The molecule has 3 N–H and O–H groups in total. The number of nitrogens with zero attached hydrogens (tertiary/aromatic N) is 3. The maximum absolute atomic E-state index is 12.1. The maximum Gasteiger partial charge on any atom is 0.262 e. The van der Waals surface area contributed by atoms with Crippen molar-refractivity contribution in [1.29, 1.82) is 0 Å². The van der Waals surface area contributed by atoms with Gasteiger partial charge in [-0.15, -0.1) is 0 Å². The van der Waals surface area contributed by atoms with E-state index in [4.69, 9.17) is 17.0 Å². The van der Waals surface area contributed by atoms with Crippen LogP contribution in [0.3, 0.4) is 0 Å². The quantitative estimate of drug-likeness (QED) is 0.353. The van der Waals surface area contributed by atoms with E-state index in [9.17, 15) is 4.79 Å². The fraction of sp³-hybridized carbons (Fsp3) is 0.130. The van der Waals surface area contributed by atoms with Crippen molar-refractivity contribution < 1.29 is 9.53 Å². The van der Waals surface area contributed by atoms with Crippen molar-refractivity contribution in [3.8, 4) is 17.1 Å². The minimum atomic E-state index is -0.211. The van der Waals surface area contributed by atoms with Gasteiger partial charge in [0.2, 0.25) is 4.77 Å². The zero-order chi connectivity index (χ0) is 22.3. The summed E-state index contributed by atoms with van der Waals surface area (Å²) in [6.07, 6.45) is 3.41. The van der Waals surface area contributed by atoms with Crippen LogP contribution in [0.1, 0.15) is 11.1 Å². The number of anilines is 1. The predicted octanol–water partition coefficient (Wildman–Crippen LogP) is 4.07. The molecule has 1 amide bonds. The van der Waals surface area contributed by atoms with Gasteiger partial charge in [0.05, 0.1) is 6.54 Å². The Balaban J connectivity index is 1.31. The van der Waals surface area contributed by atoms with E-state index in [2.05, 4.69) is 25.9 Å². The lowest BCUT2D eigenvalue weighted by Crippen LogP contribution is -2.20. The summed E-state index contributed by atoms with van der Waals surface area (Å²) in [6, 6.07) is 18.9. The topological polar surface area (TPSA) is 96.9 Å². The molecule has 0 saturated heterocycles. The molecular weight excluding hydrogens is 424 g/mol. The first kappa shape index (κ1) is 21.3. The van der Waals surface area contributed by atoms with Crippen LogP contribution in [0, 0.1) is 11.7 Å². The highest BCUT2D eigenvalue weighted by Gasteiger charge is 2.09. The molecule has 0 fully saturated rings. The molecule has 8 nitrogen and oxygen atoms in total. The summed E-state index contributed by atoms with van der Waals surface area (Å²) in [5.74, 6) is 1.08. The van der Waals surface area contributed by atoms with E-state index < -0.39 is 0 Å². The molecule has 162 valence electrons. The highest BCUT2D eigenvalue weighted by molar-refractivity contribution is 7.71. The van der Waals surface area contributed by atoms with Crippen LogP contribution in [-0.2, 0) is 11.3 Å². The Morgan fingerprint density at radius 2 is 1.78 bits per heavy atom. The third-order valence-electron chi connectivity index (χ3n) is 4.68. The third kappa shape index (κ3) is 5.38. The number of nitrogens with one attached hydrogen (secondary N) is 3. The molecule has 2 aromatic carbocycles. The van der Waals surface area contributed by atoms with Gasteiger partial charge in [-0.1, -0.05) is 29.8 Å². The van der Waals surface area contributed by atoms with Crippen LogP contribution in [0.5, 0.6) is 5.75 Å². The van der Waals surface area contributed by atoms with Gasteiger partial charge in [-0.25, -0.2) is 9.77 Å². The summed E-state index contributed by atoms with van der Waals surface area (Å²) >= 11 is 5.33. The average Bonchev–Trinajstić information content (AvgIpc) is 3.19. The second kappa shape index (κ2) is 9.88. The van der Waals surface area contributed by atoms with Gasteiger partial charge in [-0.05, 0) is 61.1 Å². The molecule has 0 saturated carbocycles. The van der Waals surface area contributed by atoms with Crippen LogP contribution < -0.4 is 15.5 Å². The number of pyridine rings is 1. The summed E-state index contributed by atoms with van der Waals surface area (Å²) in [6.45, 7) is 2.46. The van der Waals surface area contributed by atoms with Gasteiger partial charge >= 0.3 is 0 Å².